The van der Waals surface area contributed by atoms with Crippen molar-refractivity contribution < 1.29 is 44.8 Å². The number of halogens is 3. The molecule has 0 aliphatic heterocycles. The fourth-order valence-corrected chi connectivity index (χ4v) is 2.31. The van der Waals surface area contributed by atoms with Gasteiger partial charge in [-0.15, -0.1) is 0 Å². The third kappa shape index (κ3) is 5.52. The summed E-state index contributed by atoms with van der Waals surface area (Å²) in [7, 11) is -5.89. The van der Waals surface area contributed by atoms with Crippen molar-refractivity contribution in [3.05, 3.63) is 30.0 Å². The number of nitrogens with zero attached hydrogens (tertiary/aromatic N) is 2. The van der Waals surface area contributed by atoms with Gasteiger partial charge >= 0.3 is 27.6 Å². The molecule has 0 amide bonds. The van der Waals surface area contributed by atoms with Crippen LogP contribution in [0.25, 0.3) is 11.0 Å². The molecule has 9 nitrogen and oxygen atoms in total. The average molecular weight is 422 g/mol. The number of carbonyl (C=O) groups excluding carboxylic acids is 2. The smallest absolute Gasteiger partial charge is 0.463 e. The molecule has 2 rings (SSSR count). The van der Waals surface area contributed by atoms with E-state index in [-0.39, 0.29) is 24.1 Å². The highest BCUT2D eigenvalue weighted by Gasteiger charge is 2.48. The highest BCUT2D eigenvalue weighted by Crippen LogP contribution is 2.26. The van der Waals surface area contributed by atoms with Gasteiger partial charge in [0.05, 0.1) is 30.3 Å². The van der Waals surface area contributed by atoms with Gasteiger partial charge in [-0.3, -0.25) is 4.79 Å². The van der Waals surface area contributed by atoms with E-state index in [1.807, 2.05) is 0 Å². The Labute approximate surface area is 156 Å². The van der Waals surface area contributed by atoms with Crippen LogP contribution in [0.3, 0.4) is 0 Å². The van der Waals surface area contributed by atoms with Crippen LogP contribution < -0.4 is 4.18 Å². The van der Waals surface area contributed by atoms with E-state index >= 15 is 0 Å². The molecule has 0 aliphatic carbocycles. The Balaban J connectivity index is 2.13. The van der Waals surface area contributed by atoms with E-state index < -0.39 is 40.1 Å². The molecular formula is C15H13F3N2O7S. The highest BCUT2D eigenvalue weighted by atomic mass is 32.2. The summed E-state index contributed by atoms with van der Waals surface area (Å²) >= 11 is 0. The van der Waals surface area contributed by atoms with E-state index in [9.17, 15) is 31.2 Å². The second-order valence-electron chi connectivity index (χ2n) is 5.16. The standard InChI is InChI=1S/C15H13F3N2O7S/c1-2-25-14(22)8-26-13(21)6-9-3-4-10-11(5-9)20-12(7-19-10)27-28(23,24)15(16,17)18/h3-5,7H,2,6,8H2,1H3. The van der Waals surface area contributed by atoms with Crippen molar-refractivity contribution in [2.75, 3.05) is 13.2 Å². The molecule has 1 aromatic carbocycles. The molecule has 0 aliphatic rings. The van der Waals surface area contributed by atoms with Crippen molar-refractivity contribution in [3.8, 4) is 5.88 Å². The average Bonchev–Trinajstić information content (AvgIpc) is 2.58. The Bertz CT molecular complexity index is 993. The van der Waals surface area contributed by atoms with Gasteiger partial charge in [-0.25, -0.2) is 14.8 Å². The van der Waals surface area contributed by atoms with Crippen LogP contribution in [-0.4, -0.2) is 49.0 Å². The molecule has 1 aromatic heterocycles. The van der Waals surface area contributed by atoms with Crippen molar-refractivity contribution in [2.24, 2.45) is 0 Å². The number of aromatic nitrogens is 2. The third-order valence-electron chi connectivity index (χ3n) is 3.07. The minimum atomic E-state index is -5.89. The maximum Gasteiger partial charge on any atom is 0.534 e. The van der Waals surface area contributed by atoms with Gasteiger partial charge in [-0.1, -0.05) is 6.07 Å². The Kier molecular flexibility index (Phi) is 6.38. The van der Waals surface area contributed by atoms with Crippen LogP contribution in [0.5, 0.6) is 5.88 Å². The number of hydrogen-bond donors (Lipinski definition) is 0. The number of esters is 2. The number of ether oxygens (including phenoxy) is 2. The third-order valence-corrected chi connectivity index (χ3v) is 4.03. The van der Waals surface area contributed by atoms with Gasteiger partial charge in [0.2, 0.25) is 0 Å². The molecule has 0 radical (unpaired) electrons. The van der Waals surface area contributed by atoms with Crippen LogP contribution in [0.2, 0.25) is 0 Å². The SMILES string of the molecule is CCOC(=O)COC(=O)Cc1ccc2ncc(OS(=O)(=O)C(F)(F)F)nc2c1. The van der Waals surface area contributed by atoms with Gasteiger partial charge in [0, 0.05) is 0 Å². The lowest BCUT2D eigenvalue weighted by atomic mass is 10.1. The normalized spacial score (nSPS) is 11.9. The van der Waals surface area contributed by atoms with Crippen molar-refractivity contribution in [2.45, 2.75) is 18.9 Å². The van der Waals surface area contributed by atoms with E-state index in [0.717, 1.165) is 6.20 Å². The summed E-state index contributed by atoms with van der Waals surface area (Å²) in [5.41, 5.74) is -5.06. The summed E-state index contributed by atoms with van der Waals surface area (Å²) in [6, 6.07) is 4.19. The number of fused-ring (bicyclic) bond motifs is 1. The van der Waals surface area contributed by atoms with E-state index in [4.69, 9.17) is 4.74 Å². The Hall–Kier alpha value is -2.96. The molecule has 13 heteroatoms. The zero-order valence-corrected chi connectivity index (χ0v) is 15.0. The summed E-state index contributed by atoms with van der Waals surface area (Å²) in [5.74, 6) is -2.35. The van der Waals surface area contributed by atoms with Gasteiger partial charge in [0.1, 0.15) is 0 Å². The van der Waals surface area contributed by atoms with Crippen molar-refractivity contribution in [3.63, 3.8) is 0 Å². The largest absolute Gasteiger partial charge is 0.534 e. The first kappa shape index (κ1) is 21.3. The number of rotatable bonds is 7. The monoisotopic (exact) mass is 422 g/mol. The molecule has 0 atom stereocenters. The Morgan fingerprint density at radius 2 is 1.82 bits per heavy atom. The summed E-state index contributed by atoms with van der Waals surface area (Å²) in [4.78, 5) is 30.3. The summed E-state index contributed by atoms with van der Waals surface area (Å²) in [5, 5.41) is 0. The van der Waals surface area contributed by atoms with Crippen molar-refractivity contribution in [1.29, 1.82) is 0 Å². The van der Waals surface area contributed by atoms with Crippen LogP contribution in [0, 0.1) is 0 Å². The molecule has 152 valence electrons. The minimum Gasteiger partial charge on any atom is -0.463 e. The second-order valence-corrected chi connectivity index (χ2v) is 6.69. The zero-order valence-electron chi connectivity index (χ0n) is 14.2. The van der Waals surface area contributed by atoms with Gasteiger partial charge in [0.25, 0.3) is 5.88 Å². The van der Waals surface area contributed by atoms with Crippen LogP contribution in [0.4, 0.5) is 13.2 Å². The maximum absolute atomic E-state index is 12.4. The molecule has 1 heterocycles. The predicted octanol–water partition coefficient (Wildman–Crippen LogP) is 1.51. The van der Waals surface area contributed by atoms with Crippen LogP contribution in [0.15, 0.2) is 24.4 Å². The van der Waals surface area contributed by atoms with Gasteiger partial charge in [0.15, 0.2) is 6.61 Å². The summed E-state index contributed by atoms with van der Waals surface area (Å²) in [6.07, 6.45) is 0.446. The first-order valence-electron chi connectivity index (χ1n) is 7.59. The number of alkyl halides is 3. The van der Waals surface area contributed by atoms with E-state index in [1.54, 1.807) is 6.92 Å². The molecule has 0 saturated heterocycles. The van der Waals surface area contributed by atoms with Crippen LogP contribution >= 0.6 is 0 Å². The zero-order chi connectivity index (χ0) is 20.9. The molecule has 28 heavy (non-hydrogen) atoms. The predicted molar refractivity (Wildman–Crippen MR) is 86.4 cm³/mol. The van der Waals surface area contributed by atoms with Gasteiger partial charge in [-0.2, -0.15) is 21.6 Å². The van der Waals surface area contributed by atoms with Crippen molar-refractivity contribution in [1.82, 2.24) is 9.97 Å². The number of hydrogen-bond acceptors (Lipinski definition) is 9. The molecule has 0 unspecified atom stereocenters. The maximum atomic E-state index is 12.4. The first-order chi connectivity index (χ1) is 13.0. The molecule has 0 N–H and O–H groups in total. The Morgan fingerprint density at radius 1 is 1.11 bits per heavy atom. The highest BCUT2D eigenvalue weighted by molar-refractivity contribution is 7.87. The second kappa shape index (κ2) is 8.37. The molecule has 0 bridgehead atoms. The molecule has 2 aromatic rings. The number of benzene rings is 1. The molecule has 0 spiro atoms. The van der Waals surface area contributed by atoms with Gasteiger partial charge < -0.3 is 13.7 Å². The van der Waals surface area contributed by atoms with Gasteiger partial charge in [-0.05, 0) is 24.6 Å². The van der Waals surface area contributed by atoms with E-state index in [2.05, 4.69) is 18.9 Å². The first-order valence-corrected chi connectivity index (χ1v) is 9.00. The Morgan fingerprint density at radius 3 is 2.46 bits per heavy atom. The number of carbonyl (C=O) groups is 2. The lowest BCUT2D eigenvalue weighted by Gasteiger charge is -2.09. The fourth-order valence-electron chi connectivity index (χ4n) is 1.91. The topological polar surface area (TPSA) is 122 Å². The molecule has 0 fully saturated rings. The lowest BCUT2D eigenvalue weighted by molar-refractivity contribution is -0.158. The van der Waals surface area contributed by atoms with E-state index in [0.29, 0.717) is 5.56 Å². The van der Waals surface area contributed by atoms with E-state index in [1.165, 1.54) is 18.2 Å². The molecule has 0 saturated carbocycles. The van der Waals surface area contributed by atoms with Crippen LogP contribution in [0.1, 0.15) is 12.5 Å². The molecular weight excluding hydrogens is 409 g/mol. The van der Waals surface area contributed by atoms with Crippen molar-refractivity contribution >= 4 is 33.1 Å². The fraction of sp³-hybridized carbons (Fsp3) is 0.333. The summed E-state index contributed by atoms with van der Waals surface area (Å²) in [6.45, 7) is 1.16. The quantitative estimate of drug-likeness (QED) is 0.371. The summed E-state index contributed by atoms with van der Waals surface area (Å²) < 4.78 is 72.4. The minimum absolute atomic E-state index is 0.00873. The lowest BCUT2D eigenvalue weighted by Crippen LogP contribution is -2.28. The van der Waals surface area contributed by atoms with Crippen LogP contribution in [-0.2, 0) is 35.6 Å².